The van der Waals surface area contributed by atoms with Gasteiger partial charge in [0.05, 0.1) is 11.9 Å². The first-order chi connectivity index (χ1) is 14.5. The Kier molecular flexibility index (Phi) is 5.17. The summed E-state index contributed by atoms with van der Waals surface area (Å²) >= 11 is 0. The number of pyridine rings is 2. The van der Waals surface area contributed by atoms with Crippen molar-refractivity contribution >= 4 is 17.3 Å². The third-order valence-electron chi connectivity index (χ3n) is 4.65. The van der Waals surface area contributed by atoms with Crippen LogP contribution in [0.25, 0.3) is 22.5 Å². The van der Waals surface area contributed by atoms with Crippen LogP contribution in [-0.2, 0) is 6.42 Å². The Bertz CT molecular complexity index is 1200. The Morgan fingerprint density at radius 2 is 1.77 bits per heavy atom. The van der Waals surface area contributed by atoms with Gasteiger partial charge in [0.2, 0.25) is 0 Å². The summed E-state index contributed by atoms with van der Waals surface area (Å²) in [5.74, 6) is 0.670. The molecule has 4 aromatic rings. The van der Waals surface area contributed by atoms with Crippen molar-refractivity contribution in [3.63, 3.8) is 0 Å². The number of carbonyl (C=O) groups excluding carboxylic acids is 1. The minimum atomic E-state index is -0.208. The number of nitrogen functional groups attached to an aromatic ring is 2. The lowest BCUT2D eigenvalue weighted by atomic mass is 9.97. The van der Waals surface area contributed by atoms with Gasteiger partial charge in [-0.25, -0.2) is 15.0 Å². The number of rotatable bonds is 5. The van der Waals surface area contributed by atoms with Gasteiger partial charge < -0.3 is 11.5 Å². The maximum Gasteiger partial charge on any atom is 0.187 e. The van der Waals surface area contributed by atoms with Crippen molar-refractivity contribution in [3.05, 3.63) is 84.1 Å². The molecule has 0 aliphatic carbocycles. The van der Waals surface area contributed by atoms with Crippen LogP contribution in [0.4, 0.5) is 11.5 Å². The van der Waals surface area contributed by atoms with Crippen molar-refractivity contribution in [2.24, 2.45) is 0 Å². The smallest absolute Gasteiger partial charge is 0.187 e. The number of aryl methyl sites for hydroxylation is 1. The van der Waals surface area contributed by atoms with Gasteiger partial charge in [-0.05, 0) is 41.8 Å². The number of carbonyl (C=O) groups is 1. The van der Waals surface area contributed by atoms with Crippen molar-refractivity contribution in [2.75, 3.05) is 11.5 Å². The van der Waals surface area contributed by atoms with E-state index in [4.69, 9.17) is 11.5 Å². The maximum atomic E-state index is 13.1. The molecule has 0 amide bonds. The molecule has 0 fully saturated rings. The lowest BCUT2D eigenvalue weighted by molar-refractivity contribution is 0.0989. The highest BCUT2D eigenvalue weighted by Gasteiger charge is 2.17. The molecular weight excluding hydrogens is 376 g/mol. The van der Waals surface area contributed by atoms with Gasteiger partial charge in [-0.2, -0.15) is 0 Å². The first-order valence-corrected chi connectivity index (χ1v) is 9.40. The molecule has 0 aliphatic rings. The molecule has 7 heteroatoms. The molecule has 148 valence electrons. The fourth-order valence-electron chi connectivity index (χ4n) is 3.30. The Morgan fingerprint density at radius 1 is 0.967 bits per heavy atom. The van der Waals surface area contributed by atoms with Gasteiger partial charge in [-0.1, -0.05) is 30.3 Å². The summed E-state index contributed by atoms with van der Waals surface area (Å²) in [7, 11) is 0. The summed E-state index contributed by atoms with van der Waals surface area (Å²) in [5.41, 5.74) is 16.5. The van der Waals surface area contributed by atoms with E-state index in [2.05, 4.69) is 19.9 Å². The SMILES string of the molecule is Cc1cc(-c2ccncc2CC(=O)c2nc(-c3ccccc3)ncc2N)cc(N)n1. The number of nitrogens with two attached hydrogens (primary N) is 2. The van der Waals surface area contributed by atoms with Crippen molar-refractivity contribution in [3.8, 4) is 22.5 Å². The third-order valence-corrected chi connectivity index (χ3v) is 4.65. The van der Waals surface area contributed by atoms with Gasteiger partial charge in [-0.15, -0.1) is 0 Å². The standard InChI is InChI=1S/C23H20N6O/c1-14-9-16(11-21(25)28-14)18-7-8-26-12-17(18)10-20(30)22-19(24)13-27-23(29-22)15-5-3-2-4-6-15/h2-9,11-13H,10,24H2,1H3,(H2,25,28). The fraction of sp³-hybridized carbons (Fsp3) is 0.0870. The second-order valence-corrected chi connectivity index (χ2v) is 6.92. The quantitative estimate of drug-likeness (QED) is 0.495. The minimum absolute atomic E-state index is 0.0971. The van der Waals surface area contributed by atoms with Gasteiger partial charge >= 0.3 is 0 Å². The van der Waals surface area contributed by atoms with Crippen LogP contribution in [0.1, 0.15) is 21.7 Å². The predicted molar refractivity (Wildman–Crippen MR) is 117 cm³/mol. The molecule has 4 N–H and O–H groups in total. The summed E-state index contributed by atoms with van der Waals surface area (Å²) in [6, 6.07) is 15.0. The molecule has 7 nitrogen and oxygen atoms in total. The Labute approximate surface area is 173 Å². The van der Waals surface area contributed by atoms with Gasteiger partial charge in [0.25, 0.3) is 0 Å². The molecule has 4 rings (SSSR count). The first-order valence-electron chi connectivity index (χ1n) is 9.40. The molecule has 0 bridgehead atoms. The highest BCUT2D eigenvalue weighted by molar-refractivity contribution is 6.01. The van der Waals surface area contributed by atoms with E-state index >= 15 is 0 Å². The molecule has 3 heterocycles. The third kappa shape index (κ3) is 4.00. The monoisotopic (exact) mass is 396 g/mol. The average molecular weight is 396 g/mol. The lowest BCUT2D eigenvalue weighted by Gasteiger charge is -2.11. The van der Waals surface area contributed by atoms with Crippen LogP contribution in [0.3, 0.4) is 0 Å². The van der Waals surface area contributed by atoms with Crippen LogP contribution < -0.4 is 11.5 Å². The van der Waals surface area contributed by atoms with Crippen molar-refractivity contribution < 1.29 is 4.79 Å². The highest BCUT2D eigenvalue weighted by Crippen LogP contribution is 2.27. The van der Waals surface area contributed by atoms with Crippen LogP contribution in [0.2, 0.25) is 0 Å². The van der Waals surface area contributed by atoms with E-state index in [0.29, 0.717) is 11.6 Å². The molecule has 0 saturated heterocycles. The van der Waals surface area contributed by atoms with Gasteiger partial charge in [0.15, 0.2) is 11.6 Å². The van der Waals surface area contributed by atoms with Gasteiger partial charge in [-0.3, -0.25) is 9.78 Å². The largest absolute Gasteiger partial charge is 0.396 e. The molecule has 3 aromatic heterocycles. The second kappa shape index (κ2) is 8.08. The molecule has 0 atom stereocenters. The van der Waals surface area contributed by atoms with E-state index in [1.807, 2.05) is 49.4 Å². The van der Waals surface area contributed by atoms with Gasteiger partial charge in [0.1, 0.15) is 11.5 Å². The fourth-order valence-corrected chi connectivity index (χ4v) is 3.30. The normalized spacial score (nSPS) is 10.7. The Balaban J connectivity index is 1.69. The van der Waals surface area contributed by atoms with E-state index in [0.717, 1.165) is 27.9 Å². The second-order valence-electron chi connectivity index (χ2n) is 6.92. The zero-order valence-electron chi connectivity index (χ0n) is 16.4. The minimum Gasteiger partial charge on any atom is -0.396 e. The van der Waals surface area contributed by atoms with Crippen molar-refractivity contribution in [1.29, 1.82) is 0 Å². The van der Waals surface area contributed by atoms with Gasteiger partial charge in [0, 0.05) is 30.1 Å². The number of hydrogen-bond acceptors (Lipinski definition) is 7. The van der Waals surface area contributed by atoms with E-state index in [1.165, 1.54) is 6.20 Å². The summed E-state index contributed by atoms with van der Waals surface area (Å²) in [5, 5.41) is 0. The number of anilines is 2. The van der Waals surface area contributed by atoms with E-state index in [1.54, 1.807) is 18.5 Å². The van der Waals surface area contributed by atoms with Crippen LogP contribution in [0.5, 0.6) is 0 Å². The molecule has 1 aromatic carbocycles. The molecule has 0 radical (unpaired) electrons. The maximum absolute atomic E-state index is 13.1. The molecule has 30 heavy (non-hydrogen) atoms. The lowest BCUT2D eigenvalue weighted by Crippen LogP contribution is -2.12. The van der Waals surface area contributed by atoms with Crippen molar-refractivity contribution in [2.45, 2.75) is 13.3 Å². The van der Waals surface area contributed by atoms with Crippen molar-refractivity contribution in [1.82, 2.24) is 19.9 Å². The molecule has 0 saturated carbocycles. The number of ketones is 1. The van der Waals surface area contributed by atoms with Crippen LogP contribution in [-0.4, -0.2) is 25.7 Å². The van der Waals surface area contributed by atoms with Crippen LogP contribution >= 0.6 is 0 Å². The number of aromatic nitrogens is 4. The zero-order chi connectivity index (χ0) is 21.1. The molecular formula is C23H20N6O. The van der Waals surface area contributed by atoms with E-state index in [-0.39, 0.29) is 23.6 Å². The number of benzene rings is 1. The molecule has 0 spiro atoms. The summed E-state index contributed by atoms with van der Waals surface area (Å²) in [4.78, 5) is 30.2. The zero-order valence-corrected chi connectivity index (χ0v) is 16.4. The first kappa shape index (κ1) is 19.2. The van der Waals surface area contributed by atoms with E-state index in [9.17, 15) is 4.79 Å². The summed E-state index contributed by atoms with van der Waals surface area (Å²) < 4.78 is 0. The highest BCUT2D eigenvalue weighted by atomic mass is 16.1. The Morgan fingerprint density at radius 3 is 2.53 bits per heavy atom. The van der Waals surface area contributed by atoms with Crippen LogP contribution in [0.15, 0.2) is 67.1 Å². The Hall–Kier alpha value is -4.13. The molecule has 0 unspecified atom stereocenters. The summed E-state index contributed by atoms with van der Waals surface area (Å²) in [6.45, 7) is 1.87. The molecule has 0 aliphatic heterocycles. The topological polar surface area (TPSA) is 121 Å². The summed E-state index contributed by atoms with van der Waals surface area (Å²) in [6.07, 6.45) is 4.93. The number of hydrogen-bond donors (Lipinski definition) is 2. The predicted octanol–water partition coefficient (Wildman–Crippen LogP) is 3.50. The number of nitrogens with zero attached hydrogens (tertiary/aromatic N) is 4. The average Bonchev–Trinajstić information content (AvgIpc) is 2.74. The number of Topliss-reactive ketones (excluding diaryl/α,β-unsaturated/α-hetero) is 1. The van der Waals surface area contributed by atoms with E-state index < -0.39 is 0 Å². The van der Waals surface area contributed by atoms with Crippen LogP contribution in [0, 0.1) is 6.92 Å².